The second-order valence-electron chi connectivity index (χ2n) is 6.68. The van der Waals surface area contributed by atoms with E-state index >= 15 is 0 Å². The van der Waals surface area contributed by atoms with Gasteiger partial charge in [-0.1, -0.05) is 53.4 Å². The third-order valence-electron chi connectivity index (χ3n) is 5.59. The Morgan fingerprint density at radius 1 is 1.08 bits per heavy atom. The monoisotopic (exact) mass is 361 g/mol. The number of amides is 2. The summed E-state index contributed by atoms with van der Waals surface area (Å²) in [6.45, 7) is 4.21. The van der Waals surface area contributed by atoms with Gasteiger partial charge in [-0.3, -0.25) is 9.59 Å². The molecule has 2 aliphatic carbocycles. The molecule has 1 saturated heterocycles. The Kier molecular flexibility index (Phi) is 3.63. The molecule has 1 saturated carbocycles. The summed E-state index contributed by atoms with van der Waals surface area (Å²) < 4.78 is 0. The first-order valence-corrected chi connectivity index (χ1v) is 8.92. The molecule has 0 aromatic heterocycles. The summed E-state index contributed by atoms with van der Waals surface area (Å²) in [5, 5.41) is 0.804. The number of fused-ring (bicyclic) bond motifs is 5. The number of carbonyl (C=O) groups is 2. The van der Waals surface area contributed by atoms with Gasteiger partial charge in [0, 0.05) is 16.9 Å². The maximum absolute atomic E-state index is 13.0. The summed E-state index contributed by atoms with van der Waals surface area (Å²) in [4.78, 5) is 27.3. The lowest BCUT2D eigenvalue weighted by Gasteiger charge is -2.20. The van der Waals surface area contributed by atoms with E-state index in [1.807, 2.05) is 0 Å². The lowest BCUT2D eigenvalue weighted by molar-refractivity contribution is -0.122. The van der Waals surface area contributed by atoms with Crippen LogP contribution in [0.1, 0.15) is 20.3 Å². The molecule has 1 aliphatic heterocycles. The third kappa shape index (κ3) is 1.98. The molecule has 124 valence electrons. The quantitative estimate of drug-likeness (QED) is 0.568. The van der Waals surface area contributed by atoms with Gasteiger partial charge in [-0.05, 0) is 31.5 Å². The van der Waals surface area contributed by atoms with Crippen LogP contribution in [-0.4, -0.2) is 11.8 Å². The van der Waals surface area contributed by atoms with Crippen LogP contribution in [0, 0.1) is 23.7 Å². The Hall–Kier alpha value is -1.58. The van der Waals surface area contributed by atoms with Gasteiger partial charge in [0.1, 0.15) is 0 Å². The SMILES string of the molecule is CCC(C)=C1[C@H]2C=C[C@H]1[C@@H]1C(=O)N(c3ccc(Cl)cc3Cl)C(=O)[C@H]12. The molecule has 2 bridgehead atoms. The molecule has 0 spiro atoms. The Morgan fingerprint density at radius 3 is 2.17 bits per heavy atom. The van der Waals surface area contributed by atoms with E-state index in [9.17, 15) is 9.59 Å². The Labute approximate surface area is 150 Å². The number of carbonyl (C=O) groups excluding carboxylic acids is 2. The first-order chi connectivity index (χ1) is 11.5. The molecule has 0 N–H and O–H groups in total. The molecular formula is C19H17Cl2NO2. The van der Waals surface area contributed by atoms with Crippen LogP contribution in [0.5, 0.6) is 0 Å². The molecule has 1 heterocycles. The fraction of sp³-hybridized carbons (Fsp3) is 0.368. The number of halogens is 2. The van der Waals surface area contributed by atoms with Crippen molar-refractivity contribution in [2.24, 2.45) is 23.7 Å². The van der Waals surface area contributed by atoms with Crippen LogP contribution in [-0.2, 0) is 9.59 Å². The van der Waals surface area contributed by atoms with E-state index in [4.69, 9.17) is 23.2 Å². The number of imide groups is 1. The fourth-order valence-corrected chi connectivity index (χ4v) is 4.93. The van der Waals surface area contributed by atoms with Gasteiger partial charge < -0.3 is 0 Å². The zero-order valence-corrected chi connectivity index (χ0v) is 14.9. The minimum Gasteiger partial charge on any atom is -0.274 e. The van der Waals surface area contributed by atoms with Gasteiger partial charge in [0.2, 0.25) is 11.8 Å². The zero-order valence-electron chi connectivity index (χ0n) is 13.4. The summed E-state index contributed by atoms with van der Waals surface area (Å²) >= 11 is 12.2. The van der Waals surface area contributed by atoms with Crippen LogP contribution >= 0.6 is 23.2 Å². The van der Waals surface area contributed by atoms with E-state index in [1.165, 1.54) is 16.0 Å². The van der Waals surface area contributed by atoms with Crippen molar-refractivity contribution in [3.8, 4) is 0 Å². The minimum absolute atomic E-state index is 0.0486. The molecular weight excluding hydrogens is 345 g/mol. The van der Waals surface area contributed by atoms with E-state index in [0.717, 1.165) is 6.42 Å². The second kappa shape index (κ2) is 5.47. The van der Waals surface area contributed by atoms with E-state index in [-0.39, 0.29) is 35.5 Å². The van der Waals surface area contributed by atoms with Gasteiger partial charge >= 0.3 is 0 Å². The second-order valence-corrected chi connectivity index (χ2v) is 7.53. The van der Waals surface area contributed by atoms with Gasteiger partial charge in [0.05, 0.1) is 22.5 Å². The first kappa shape index (κ1) is 15.9. The van der Waals surface area contributed by atoms with Crippen molar-refractivity contribution in [2.75, 3.05) is 4.90 Å². The fourth-order valence-electron chi connectivity index (χ4n) is 4.44. The van der Waals surface area contributed by atoms with Gasteiger partial charge in [-0.25, -0.2) is 4.90 Å². The predicted octanol–water partition coefficient (Wildman–Crippen LogP) is 4.64. The molecule has 4 rings (SSSR count). The van der Waals surface area contributed by atoms with Crippen molar-refractivity contribution in [1.82, 2.24) is 0 Å². The number of hydrogen-bond acceptors (Lipinski definition) is 2. The van der Waals surface area contributed by atoms with Gasteiger partial charge in [0.15, 0.2) is 0 Å². The van der Waals surface area contributed by atoms with Gasteiger partial charge in [-0.15, -0.1) is 0 Å². The summed E-state index contributed by atoms with van der Waals surface area (Å²) in [5.41, 5.74) is 3.00. The van der Waals surface area contributed by atoms with E-state index in [2.05, 4.69) is 26.0 Å². The average Bonchev–Trinajstić information content (AvgIpc) is 3.18. The molecule has 5 heteroatoms. The first-order valence-electron chi connectivity index (χ1n) is 8.16. The summed E-state index contributed by atoms with van der Waals surface area (Å²) in [6.07, 6.45) is 5.13. The molecule has 4 atom stereocenters. The predicted molar refractivity (Wildman–Crippen MR) is 95.0 cm³/mol. The lowest BCUT2D eigenvalue weighted by atomic mass is 9.85. The molecule has 0 radical (unpaired) electrons. The molecule has 0 unspecified atom stereocenters. The third-order valence-corrected chi connectivity index (χ3v) is 6.13. The highest BCUT2D eigenvalue weighted by atomic mass is 35.5. The Morgan fingerprint density at radius 2 is 1.67 bits per heavy atom. The molecule has 3 aliphatic rings. The average molecular weight is 362 g/mol. The lowest BCUT2D eigenvalue weighted by Crippen LogP contribution is -2.33. The van der Waals surface area contributed by atoms with Crippen LogP contribution in [0.4, 0.5) is 5.69 Å². The van der Waals surface area contributed by atoms with E-state index in [0.29, 0.717) is 15.7 Å². The molecule has 1 aromatic rings. The summed E-state index contributed by atoms with van der Waals surface area (Å²) in [5.74, 6) is -0.786. The molecule has 2 amide bonds. The Balaban J connectivity index is 1.77. The largest absolute Gasteiger partial charge is 0.274 e. The van der Waals surface area contributed by atoms with E-state index in [1.54, 1.807) is 18.2 Å². The number of anilines is 1. The normalized spacial score (nSPS) is 30.5. The summed E-state index contributed by atoms with van der Waals surface area (Å²) in [7, 11) is 0. The topological polar surface area (TPSA) is 37.4 Å². The number of rotatable bonds is 2. The summed E-state index contributed by atoms with van der Waals surface area (Å²) in [6, 6.07) is 4.86. The van der Waals surface area contributed by atoms with Crippen molar-refractivity contribution in [3.63, 3.8) is 0 Å². The maximum atomic E-state index is 13.0. The maximum Gasteiger partial charge on any atom is 0.238 e. The highest BCUT2D eigenvalue weighted by Gasteiger charge is 2.62. The standard InChI is InChI=1S/C19H17Cl2NO2/c1-3-9(2)15-11-5-6-12(15)17-16(11)18(23)22(19(17)24)14-7-4-10(20)8-13(14)21/h4-8,11-12,16-17H,3H2,1-2H3/t11-,12-,16+,17+/m1/s1. The highest BCUT2D eigenvalue weighted by molar-refractivity contribution is 6.38. The van der Waals surface area contributed by atoms with Crippen LogP contribution in [0.25, 0.3) is 0 Å². The van der Waals surface area contributed by atoms with Crippen molar-refractivity contribution in [1.29, 1.82) is 0 Å². The molecule has 24 heavy (non-hydrogen) atoms. The molecule has 1 aromatic carbocycles. The van der Waals surface area contributed by atoms with Crippen LogP contribution < -0.4 is 4.90 Å². The Bertz CT molecular complexity index is 793. The number of nitrogens with zero attached hydrogens (tertiary/aromatic N) is 1. The van der Waals surface area contributed by atoms with Crippen LogP contribution in [0.3, 0.4) is 0 Å². The zero-order chi connectivity index (χ0) is 17.2. The van der Waals surface area contributed by atoms with Gasteiger partial charge in [0.25, 0.3) is 0 Å². The van der Waals surface area contributed by atoms with Crippen molar-refractivity contribution in [3.05, 3.63) is 51.5 Å². The minimum atomic E-state index is -0.296. The van der Waals surface area contributed by atoms with Crippen LogP contribution in [0.2, 0.25) is 10.0 Å². The van der Waals surface area contributed by atoms with Crippen molar-refractivity contribution < 1.29 is 9.59 Å². The van der Waals surface area contributed by atoms with E-state index < -0.39 is 0 Å². The molecule has 3 nitrogen and oxygen atoms in total. The number of benzene rings is 1. The smallest absolute Gasteiger partial charge is 0.238 e. The van der Waals surface area contributed by atoms with Crippen molar-refractivity contribution >= 4 is 40.7 Å². The number of allylic oxidation sites excluding steroid dienone is 4. The van der Waals surface area contributed by atoms with Crippen LogP contribution in [0.15, 0.2) is 41.5 Å². The number of hydrogen-bond donors (Lipinski definition) is 0. The highest BCUT2D eigenvalue weighted by Crippen LogP contribution is 2.57. The molecule has 2 fully saturated rings. The van der Waals surface area contributed by atoms with Gasteiger partial charge in [-0.2, -0.15) is 0 Å². The van der Waals surface area contributed by atoms with Crippen molar-refractivity contribution in [2.45, 2.75) is 20.3 Å².